The SMILES string of the molecule is CC(Cc1ccc(Cl)s1)Nc1cc[nH]c(=O)c1-c1nc2cc3c(cc2[nH]1)CN(CCCN1CCCC1)C3=O. The van der Waals surface area contributed by atoms with Gasteiger partial charge in [0.15, 0.2) is 0 Å². The van der Waals surface area contributed by atoms with E-state index in [0.29, 0.717) is 34.7 Å². The van der Waals surface area contributed by atoms with Crippen LogP contribution in [0.15, 0.2) is 41.3 Å². The van der Waals surface area contributed by atoms with E-state index < -0.39 is 0 Å². The molecule has 8 nitrogen and oxygen atoms in total. The first-order chi connectivity index (χ1) is 18.4. The third-order valence-electron chi connectivity index (χ3n) is 7.42. The molecule has 0 spiro atoms. The molecular formula is C28H31ClN6O2S. The van der Waals surface area contributed by atoms with Crippen LogP contribution in [0.1, 0.15) is 47.0 Å². The molecule has 0 radical (unpaired) electrons. The fourth-order valence-electron chi connectivity index (χ4n) is 5.58. The number of imidazole rings is 1. The molecular weight excluding hydrogens is 520 g/mol. The standard InChI is InChI=1S/C28H31ClN6O2S/c1-17(13-19-5-6-24(29)38-19)31-21-7-8-30-27(36)25(21)26-32-22-14-18-16-35(12-4-11-34-9-2-3-10-34)28(37)20(18)15-23(22)33-26/h5-8,14-15,17H,2-4,9-13,16H2,1H3,(H,32,33)(H2,30,31,36). The predicted molar refractivity (Wildman–Crippen MR) is 153 cm³/mol. The molecule has 1 saturated heterocycles. The van der Waals surface area contributed by atoms with Gasteiger partial charge in [0, 0.05) is 42.2 Å². The Morgan fingerprint density at radius 3 is 2.79 bits per heavy atom. The van der Waals surface area contributed by atoms with Crippen LogP contribution >= 0.6 is 22.9 Å². The predicted octanol–water partition coefficient (Wildman–Crippen LogP) is 5.12. The van der Waals surface area contributed by atoms with Crippen LogP contribution in [0.25, 0.3) is 22.4 Å². The van der Waals surface area contributed by atoms with E-state index >= 15 is 0 Å². The number of thiophene rings is 1. The lowest BCUT2D eigenvalue weighted by atomic mass is 10.1. The lowest BCUT2D eigenvalue weighted by Crippen LogP contribution is -2.29. The van der Waals surface area contributed by atoms with E-state index in [1.165, 1.54) is 30.8 Å². The second kappa shape index (κ2) is 10.6. The van der Waals surface area contributed by atoms with Gasteiger partial charge in [-0.3, -0.25) is 9.59 Å². The van der Waals surface area contributed by atoms with Gasteiger partial charge in [-0.15, -0.1) is 11.3 Å². The molecule has 1 amide bonds. The summed E-state index contributed by atoms with van der Waals surface area (Å²) in [6, 6.07) is 9.72. The highest BCUT2D eigenvalue weighted by atomic mass is 35.5. The van der Waals surface area contributed by atoms with Gasteiger partial charge in [-0.25, -0.2) is 4.98 Å². The van der Waals surface area contributed by atoms with Crippen LogP contribution in [0.3, 0.4) is 0 Å². The zero-order chi connectivity index (χ0) is 26.2. The van der Waals surface area contributed by atoms with Gasteiger partial charge in [0.2, 0.25) is 0 Å². The molecule has 198 valence electrons. The third-order valence-corrected chi connectivity index (χ3v) is 8.68. The zero-order valence-corrected chi connectivity index (χ0v) is 22.9. The maximum absolute atomic E-state index is 13.1. The van der Waals surface area contributed by atoms with Crippen molar-refractivity contribution in [3.05, 3.63) is 67.2 Å². The highest BCUT2D eigenvalue weighted by molar-refractivity contribution is 7.16. The molecule has 5 heterocycles. The molecule has 38 heavy (non-hydrogen) atoms. The number of rotatable bonds is 9. The molecule has 3 N–H and O–H groups in total. The minimum Gasteiger partial charge on any atom is -0.381 e. The first-order valence-corrected chi connectivity index (χ1v) is 14.4. The van der Waals surface area contributed by atoms with E-state index in [4.69, 9.17) is 16.6 Å². The average Bonchev–Trinajstić information content (AvgIpc) is 3.67. The Balaban J connectivity index is 1.20. The van der Waals surface area contributed by atoms with Crippen molar-refractivity contribution >= 4 is 45.6 Å². The van der Waals surface area contributed by atoms with E-state index in [9.17, 15) is 9.59 Å². The Labute approximate surface area is 230 Å². The van der Waals surface area contributed by atoms with Crippen molar-refractivity contribution in [1.29, 1.82) is 0 Å². The Morgan fingerprint density at radius 2 is 2.00 bits per heavy atom. The highest BCUT2D eigenvalue weighted by Gasteiger charge is 2.28. The lowest BCUT2D eigenvalue weighted by molar-refractivity contribution is 0.0772. The van der Waals surface area contributed by atoms with Crippen LogP contribution in [0.4, 0.5) is 5.69 Å². The zero-order valence-electron chi connectivity index (χ0n) is 21.3. The van der Waals surface area contributed by atoms with Gasteiger partial charge in [-0.1, -0.05) is 11.6 Å². The Bertz CT molecular complexity index is 1540. The maximum Gasteiger partial charge on any atom is 0.261 e. The number of likely N-dealkylation sites (tertiary alicyclic amines) is 1. The minimum absolute atomic E-state index is 0.0651. The quantitative estimate of drug-likeness (QED) is 0.269. The number of carbonyl (C=O) groups excluding carboxylic acids is 1. The topological polar surface area (TPSA) is 97.1 Å². The molecule has 1 aromatic carbocycles. The van der Waals surface area contributed by atoms with Crippen LogP contribution in [0.2, 0.25) is 4.34 Å². The van der Waals surface area contributed by atoms with Crippen molar-refractivity contribution in [3.8, 4) is 11.4 Å². The monoisotopic (exact) mass is 550 g/mol. The maximum atomic E-state index is 13.1. The summed E-state index contributed by atoms with van der Waals surface area (Å²) in [6.07, 6.45) is 5.98. The van der Waals surface area contributed by atoms with Crippen molar-refractivity contribution in [3.63, 3.8) is 0 Å². The van der Waals surface area contributed by atoms with Crippen molar-refractivity contribution in [2.24, 2.45) is 0 Å². The lowest BCUT2D eigenvalue weighted by Gasteiger charge is -2.19. The van der Waals surface area contributed by atoms with Crippen LogP contribution in [0.5, 0.6) is 0 Å². The summed E-state index contributed by atoms with van der Waals surface area (Å²) in [4.78, 5) is 42.5. The Hall–Kier alpha value is -3.14. The summed E-state index contributed by atoms with van der Waals surface area (Å²) in [7, 11) is 0. The summed E-state index contributed by atoms with van der Waals surface area (Å²) < 4.78 is 0.766. The molecule has 0 aliphatic carbocycles. The second-order valence-corrected chi connectivity index (χ2v) is 12.1. The summed E-state index contributed by atoms with van der Waals surface area (Å²) in [6.45, 7) is 6.85. The van der Waals surface area contributed by atoms with E-state index in [2.05, 4.69) is 27.1 Å². The second-order valence-electron chi connectivity index (χ2n) is 10.3. The summed E-state index contributed by atoms with van der Waals surface area (Å²) >= 11 is 7.64. The molecule has 6 rings (SSSR count). The van der Waals surface area contributed by atoms with Gasteiger partial charge in [0.25, 0.3) is 11.5 Å². The summed E-state index contributed by atoms with van der Waals surface area (Å²) in [5, 5.41) is 3.47. The number of nitrogens with one attached hydrogen (secondary N) is 3. The summed E-state index contributed by atoms with van der Waals surface area (Å²) in [5.41, 5.74) is 4.14. The Kier molecular flexibility index (Phi) is 6.99. The van der Waals surface area contributed by atoms with E-state index in [1.54, 1.807) is 17.5 Å². The highest BCUT2D eigenvalue weighted by Crippen LogP contribution is 2.31. The number of carbonyl (C=O) groups is 1. The Morgan fingerprint density at radius 1 is 1.16 bits per heavy atom. The molecule has 2 aliphatic rings. The number of fused-ring (bicyclic) bond motifs is 2. The number of halogens is 1. The number of benzene rings is 1. The fraction of sp³-hybridized carbons (Fsp3) is 0.393. The van der Waals surface area contributed by atoms with Gasteiger partial charge < -0.3 is 25.1 Å². The normalized spacial score (nSPS) is 16.5. The molecule has 1 fully saturated rings. The number of amides is 1. The number of pyridine rings is 1. The van der Waals surface area contributed by atoms with Gasteiger partial charge in [-0.05, 0) is 81.7 Å². The number of H-pyrrole nitrogens is 2. The first kappa shape index (κ1) is 25.2. The number of aromatic amines is 2. The molecule has 2 aliphatic heterocycles. The molecule has 1 atom stereocenters. The number of hydrogen-bond donors (Lipinski definition) is 3. The number of nitrogens with zero attached hydrogens (tertiary/aromatic N) is 3. The van der Waals surface area contributed by atoms with Crippen molar-refractivity contribution in [1.82, 2.24) is 24.8 Å². The number of aromatic nitrogens is 3. The van der Waals surface area contributed by atoms with Crippen molar-refractivity contribution in [2.75, 3.05) is 31.5 Å². The molecule has 10 heteroatoms. The number of anilines is 1. The third kappa shape index (κ3) is 5.10. The van der Waals surface area contributed by atoms with Gasteiger partial charge in [0.05, 0.1) is 21.1 Å². The molecule has 4 aromatic rings. The van der Waals surface area contributed by atoms with Crippen LogP contribution in [-0.4, -0.2) is 62.9 Å². The molecule has 0 saturated carbocycles. The van der Waals surface area contributed by atoms with Gasteiger partial charge in [-0.2, -0.15) is 0 Å². The van der Waals surface area contributed by atoms with Crippen LogP contribution < -0.4 is 10.9 Å². The molecule has 3 aromatic heterocycles. The smallest absolute Gasteiger partial charge is 0.261 e. The van der Waals surface area contributed by atoms with E-state index in [-0.39, 0.29) is 17.5 Å². The largest absolute Gasteiger partial charge is 0.381 e. The fourth-order valence-corrected chi connectivity index (χ4v) is 6.80. The van der Waals surface area contributed by atoms with Crippen LogP contribution in [-0.2, 0) is 13.0 Å². The van der Waals surface area contributed by atoms with E-state index in [1.807, 2.05) is 35.2 Å². The first-order valence-electron chi connectivity index (χ1n) is 13.2. The average molecular weight is 551 g/mol. The van der Waals surface area contributed by atoms with Crippen molar-refractivity contribution in [2.45, 2.75) is 45.2 Å². The van der Waals surface area contributed by atoms with Crippen LogP contribution in [0, 0.1) is 0 Å². The molecule has 1 unspecified atom stereocenters. The number of hydrogen-bond acceptors (Lipinski definition) is 6. The van der Waals surface area contributed by atoms with Crippen molar-refractivity contribution < 1.29 is 4.79 Å². The summed E-state index contributed by atoms with van der Waals surface area (Å²) in [5.74, 6) is 0.546. The van der Waals surface area contributed by atoms with E-state index in [0.717, 1.165) is 41.3 Å². The minimum atomic E-state index is -0.229. The van der Waals surface area contributed by atoms with Gasteiger partial charge in [0.1, 0.15) is 11.4 Å². The molecule has 0 bridgehead atoms. The van der Waals surface area contributed by atoms with Gasteiger partial charge >= 0.3 is 0 Å².